The van der Waals surface area contributed by atoms with Gasteiger partial charge in [0.25, 0.3) is 0 Å². The average Bonchev–Trinajstić information content (AvgIpc) is 2.32. The van der Waals surface area contributed by atoms with Gasteiger partial charge in [-0.15, -0.1) is 11.6 Å². The van der Waals surface area contributed by atoms with Crippen LogP contribution >= 0.6 is 11.6 Å². The first-order valence-electron chi connectivity index (χ1n) is 3.38. The van der Waals surface area contributed by atoms with Gasteiger partial charge in [0, 0.05) is 6.42 Å². The summed E-state index contributed by atoms with van der Waals surface area (Å²) in [6, 6.07) is 0. The van der Waals surface area contributed by atoms with Gasteiger partial charge in [0.2, 0.25) is 0 Å². The van der Waals surface area contributed by atoms with Crippen molar-refractivity contribution < 1.29 is 14.3 Å². The van der Waals surface area contributed by atoms with Gasteiger partial charge < -0.3 is 4.74 Å². The predicted molar refractivity (Wildman–Crippen MR) is 39.4 cm³/mol. The lowest BCUT2D eigenvalue weighted by atomic mass is 9.85. The molecule has 1 aliphatic rings. The number of halogens is 1. The summed E-state index contributed by atoms with van der Waals surface area (Å²) < 4.78 is 4.67. The molecule has 1 fully saturated rings. The molecule has 1 unspecified atom stereocenters. The highest BCUT2D eigenvalue weighted by Gasteiger charge is 2.45. The van der Waals surface area contributed by atoms with Gasteiger partial charge in [0.15, 0.2) is 5.78 Å². The van der Waals surface area contributed by atoms with E-state index in [1.54, 1.807) is 6.92 Å². The lowest BCUT2D eigenvalue weighted by Gasteiger charge is -2.14. The monoisotopic (exact) mass is 176 g/mol. The second kappa shape index (κ2) is 2.81. The third-order valence-corrected chi connectivity index (χ3v) is 2.27. The maximum Gasteiger partial charge on any atom is 0.319 e. The first kappa shape index (κ1) is 8.53. The Bertz CT molecular complexity index is 202. The second-order valence-electron chi connectivity index (χ2n) is 2.77. The van der Waals surface area contributed by atoms with Crippen LogP contribution < -0.4 is 0 Å². The molecule has 4 heteroatoms. The van der Waals surface area contributed by atoms with Gasteiger partial charge >= 0.3 is 5.97 Å². The maximum atomic E-state index is 11.1. The lowest BCUT2D eigenvalue weighted by Crippen LogP contribution is -2.33. The van der Waals surface area contributed by atoms with Crippen LogP contribution in [0.15, 0.2) is 0 Å². The zero-order valence-corrected chi connectivity index (χ0v) is 6.98. The number of esters is 1. The van der Waals surface area contributed by atoms with E-state index in [0.29, 0.717) is 13.0 Å². The van der Waals surface area contributed by atoms with E-state index in [1.807, 2.05) is 0 Å². The second-order valence-corrected chi connectivity index (χ2v) is 3.04. The molecule has 0 amide bonds. The van der Waals surface area contributed by atoms with Gasteiger partial charge in [0.1, 0.15) is 5.41 Å². The Labute approximate surface area is 69.7 Å². The zero-order valence-electron chi connectivity index (χ0n) is 6.22. The maximum absolute atomic E-state index is 11.1. The number of hydrogen-bond acceptors (Lipinski definition) is 3. The van der Waals surface area contributed by atoms with Gasteiger partial charge in [-0.3, -0.25) is 9.59 Å². The molecule has 0 aromatic rings. The quantitative estimate of drug-likeness (QED) is 0.354. The average molecular weight is 177 g/mol. The summed E-state index contributed by atoms with van der Waals surface area (Å²) in [4.78, 5) is 22.1. The van der Waals surface area contributed by atoms with Gasteiger partial charge in [-0.05, 0) is 6.92 Å². The van der Waals surface area contributed by atoms with Crippen molar-refractivity contribution in [2.45, 2.75) is 13.3 Å². The fourth-order valence-corrected chi connectivity index (χ4v) is 1.30. The molecule has 0 N–H and O–H groups in total. The molecule has 11 heavy (non-hydrogen) atoms. The van der Waals surface area contributed by atoms with Crippen LogP contribution in [-0.4, -0.2) is 24.2 Å². The first-order valence-corrected chi connectivity index (χ1v) is 3.91. The van der Waals surface area contributed by atoms with Crippen molar-refractivity contribution in [2.24, 2.45) is 5.41 Å². The molecule has 0 bridgehead atoms. The highest BCUT2D eigenvalue weighted by molar-refractivity contribution is 6.30. The predicted octanol–water partition coefficient (Wildman–Crippen LogP) is 0.748. The van der Waals surface area contributed by atoms with E-state index in [0.717, 1.165) is 0 Å². The Hall–Kier alpha value is -0.570. The molecule has 0 saturated carbocycles. The number of carbonyl (C=O) groups excluding carboxylic acids is 2. The van der Waals surface area contributed by atoms with Gasteiger partial charge in [-0.2, -0.15) is 0 Å². The van der Waals surface area contributed by atoms with Crippen LogP contribution in [0.1, 0.15) is 13.3 Å². The number of ketones is 1. The molecule has 0 aromatic carbocycles. The largest absolute Gasteiger partial charge is 0.465 e. The van der Waals surface area contributed by atoms with Crippen molar-refractivity contribution >= 4 is 23.4 Å². The first-order chi connectivity index (χ1) is 5.11. The Balaban J connectivity index is 2.80. The van der Waals surface area contributed by atoms with E-state index in [1.165, 1.54) is 0 Å². The van der Waals surface area contributed by atoms with E-state index in [2.05, 4.69) is 4.74 Å². The molecule has 0 aromatic heterocycles. The van der Waals surface area contributed by atoms with Crippen molar-refractivity contribution in [1.82, 2.24) is 0 Å². The van der Waals surface area contributed by atoms with Gasteiger partial charge in [-0.25, -0.2) is 0 Å². The Morgan fingerprint density at radius 1 is 1.82 bits per heavy atom. The summed E-state index contributed by atoms with van der Waals surface area (Å²) >= 11 is 5.33. The van der Waals surface area contributed by atoms with E-state index < -0.39 is 11.4 Å². The molecule has 1 aliphatic heterocycles. The summed E-state index contributed by atoms with van der Waals surface area (Å²) in [6.45, 7) is 1.91. The van der Waals surface area contributed by atoms with Crippen LogP contribution in [-0.2, 0) is 14.3 Å². The van der Waals surface area contributed by atoms with Crippen LogP contribution in [0.5, 0.6) is 0 Å². The Kier molecular flexibility index (Phi) is 2.18. The number of ether oxygens (including phenoxy) is 1. The molecule has 1 heterocycles. The van der Waals surface area contributed by atoms with Crippen molar-refractivity contribution in [1.29, 1.82) is 0 Å². The van der Waals surface area contributed by atoms with Gasteiger partial charge in [0.05, 0.1) is 12.5 Å². The van der Waals surface area contributed by atoms with Gasteiger partial charge in [-0.1, -0.05) is 0 Å². The van der Waals surface area contributed by atoms with Crippen molar-refractivity contribution in [3.05, 3.63) is 0 Å². The minimum absolute atomic E-state index is 0.119. The lowest BCUT2D eigenvalue weighted by molar-refractivity contribution is -0.149. The number of cyclic esters (lactones) is 1. The molecular weight excluding hydrogens is 168 g/mol. The highest BCUT2D eigenvalue weighted by Crippen LogP contribution is 2.30. The summed E-state index contributed by atoms with van der Waals surface area (Å²) in [5.41, 5.74) is -0.970. The summed E-state index contributed by atoms with van der Waals surface area (Å²) in [6.07, 6.45) is 0.456. The Morgan fingerprint density at radius 2 is 2.45 bits per heavy atom. The summed E-state index contributed by atoms with van der Waals surface area (Å²) in [5, 5.41) is 0. The molecule has 0 radical (unpaired) electrons. The summed E-state index contributed by atoms with van der Waals surface area (Å²) in [5.74, 6) is -0.809. The van der Waals surface area contributed by atoms with E-state index in [9.17, 15) is 9.59 Å². The smallest absolute Gasteiger partial charge is 0.319 e. The molecule has 1 saturated heterocycles. The molecule has 0 aliphatic carbocycles. The minimum atomic E-state index is -0.970. The number of rotatable bonds is 2. The molecule has 3 nitrogen and oxygen atoms in total. The topological polar surface area (TPSA) is 43.4 Å². The molecule has 1 rings (SSSR count). The van der Waals surface area contributed by atoms with Crippen molar-refractivity contribution in [2.75, 3.05) is 12.5 Å². The minimum Gasteiger partial charge on any atom is -0.465 e. The Morgan fingerprint density at radius 3 is 2.82 bits per heavy atom. The van der Waals surface area contributed by atoms with Crippen LogP contribution in [0.3, 0.4) is 0 Å². The fourth-order valence-electron chi connectivity index (χ4n) is 1.01. The standard InChI is InChI=1S/C7H9ClO3/c1-7(5(9)4-8)2-3-11-6(7)10/h2-4H2,1H3. The SMILES string of the molecule is CC1(C(=O)CCl)CCOC1=O. The number of alkyl halides is 1. The van der Waals surface area contributed by atoms with E-state index in [-0.39, 0.29) is 11.7 Å². The molecule has 1 atom stereocenters. The fraction of sp³-hybridized carbons (Fsp3) is 0.714. The van der Waals surface area contributed by atoms with Crippen LogP contribution in [0.2, 0.25) is 0 Å². The number of hydrogen-bond donors (Lipinski definition) is 0. The van der Waals surface area contributed by atoms with E-state index >= 15 is 0 Å². The zero-order chi connectivity index (χ0) is 8.48. The molecule has 62 valence electrons. The number of carbonyl (C=O) groups is 2. The van der Waals surface area contributed by atoms with Crippen LogP contribution in [0.25, 0.3) is 0 Å². The van der Waals surface area contributed by atoms with Crippen molar-refractivity contribution in [3.8, 4) is 0 Å². The molecule has 0 spiro atoms. The van der Waals surface area contributed by atoms with E-state index in [4.69, 9.17) is 11.6 Å². The third kappa shape index (κ3) is 1.25. The third-order valence-electron chi connectivity index (χ3n) is 2.02. The van der Waals surface area contributed by atoms with Crippen molar-refractivity contribution in [3.63, 3.8) is 0 Å². The highest BCUT2D eigenvalue weighted by atomic mass is 35.5. The van der Waals surface area contributed by atoms with Crippen LogP contribution in [0, 0.1) is 5.41 Å². The number of Topliss-reactive ketones (excluding diaryl/α,β-unsaturated/α-hetero) is 1. The molecular formula is C7H9ClO3. The summed E-state index contributed by atoms with van der Waals surface area (Å²) in [7, 11) is 0. The normalized spacial score (nSPS) is 30.2. The van der Waals surface area contributed by atoms with Crippen LogP contribution in [0.4, 0.5) is 0 Å².